The van der Waals surface area contributed by atoms with Crippen molar-refractivity contribution in [3.63, 3.8) is 0 Å². The lowest BCUT2D eigenvalue weighted by molar-refractivity contribution is -0.121. The molecular weight excluding hydrogens is 368 g/mol. The molecule has 0 saturated carbocycles. The number of aromatic nitrogens is 2. The Hall–Kier alpha value is -3.61. The first-order valence-corrected chi connectivity index (χ1v) is 9.50. The van der Waals surface area contributed by atoms with Crippen molar-refractivity contribution >= 4 is 17.5 Å². The first kappa shape index (κ1) is 18.7. The van der Waals surface area contributed by atoms with E-state index in [1.165, 1.54) is 0 Å². The third-order valence-electron chi connectivity index (χ3n) is 4.72. The van der Waals surface area contributed by atoms with Crippen molar-refractivity contribution in [1.29, 1.82) is 0 Å². The highest BCUT2D eigenvalue weighted by Gasteiger charge is 2.31. The predicted molar refractivity (Wildman–Crippen MR) is 109 cm³/mol. The largest absolute Gasteiger partial charge is 0.457 e. The number of carbonyl (C=O) groups excluding carboxylic acids is 2. The Morgan fingerprint density at radius 3 is 2.59 bits per heavy atom. The van der Waals surface area contributed by atoms with Gasteiger partial charge in [-0.05, 0) is 49.4 Å². The van der Waals surface area contributed by atoms with Crippen LogP contribution in [0.2, 0.25) is 0 Å². The predicted octanol–water partition coefficient (Wildman–Crippen LogP) is 2.97. The third kappa shape index (κ3) is 4.63. The van der Waals surface area contributed by atoms with E-state index >= 15 is 0 Å². The number of rotatable bonds is 6. The van der Waals surface area contributed by atoms with Gasteiger partial charge < -0.3 is 15.0 Å². The fraction of sp³-hybridized carbons (Fsp3) is 0.227. The second-order valence-corrected chi connectivity index (χ2v) is 7.10. The smallest absolute Gasteiger partial charge is 0.229 e. The Bertz CT molecular complexity index is 998. The molecule has 1 fully saturated rings. The number of hydrogen-bond acceptors (Lipinski definition) is 4. The van der Waals surface area contributed by atoms with E-state index in [4.69, 9.17) is 4.74 Å². The molecule has 2 aromatic carbocycles. The fourth-order valence-electron chi connectivity index (χ4n) is 3.38. The summed E-state index contributed by atoms with van der Waals surface area (Å²) in [7, 11) is 0. The molecule has 0 unspecified atom stereocenters. The van der Waals surface area contributed by atoms with Crippen LogP contribution < -0.4 is 15.0 Å². The fourth-order valence-corrected chi connectivity index (χ4v) is 3.38. The van der Waals surface area contributed by atoms with E-state index in [0.717, 1.165) is 17.1 Å². The van der Waals surface area contributed by atoms with Crippen molar-refractivity contribution in [2.45, 2.75) is 25.8 Å². The van der Waals surface area contributed by atoms with Gasteiger partial charge in [-0.15, -0.1) is 0 Å². The van der Waals surface area contributed by atoms with Gasteiger partial charge in [0.15, 0.2) is 0 Å². The monoisotopic (exact) mass is 390 g/mol. The minimum absolute atomic E-state index is 0.0114. The number of anilines is 1. The van der Waals surface area contributed by atoms with E-state index in [1.54, 1.807) is 4.90 Å². The number of nitrogens with one attached hydrogen (secondary N) is 2. The normalized spacial score (nSPS) is 16.1. The molecule has 1 aliphatic rings. The average molecular weight is 390 g/mol. The number of ether oxygens (including phenoxy) is 1. The molecule has 1 aromatic heterocycles. The van der Waals surface area contributed by atoms with Crippen LogP contribution in [0.15, 0.2) is 60.7 Å². The van der Waals surface area contributed by atoms with Gasteiger partial charge in [0.1, 0.15) is 11.5 Å². The summed E-state index contributed by atoms with van der Waals surface area (Å²) in [6.07, 6.45) is 0.480. The third-order valence-corrected chi connectivity index (χ3v) is 4.72. The summed E-state index contributed by atoms with van der Waals surface area (Å²) in [5.41, 5.74) is 2.39. The number of H-pyrrole nitrogens is 1. The SMILES string of the molecule is Cc1cc(CC(=O)N[C@H]2CC(=O)N(c3ccc(Oc4ccccc4)cc3)C2)n[nH]1. The first-order chi connectivity index (χ1) is 14.1. The van der Waals surface area contributed by atoms with Gasteiger partial charge in [0, 0.05) is 24.3 Å². The molecule has 1 saturated heterocycles. The van der Waals surface area contributed by atoms with Gasteiger partial charge in [-0.1, -0.05) is 18.2 Å². The maximum Gasteiger partial charge on any atom is 0.229 e. The van der Waals surface area contributed by atoms with Crippen molar-refractivity contribution in [3.8, 4) is 11.5 Å². The van der Waals surface area contributed by atoms with E-state index in [0.29, 0.717) is 18.0 Å². The molecule has 2 N–H and O–H groups in total. The molecule has 7 heteroatoms. The molecule has 2 amide bonds. The van der Waals surface area contributed by atoms with Crippen molar-refractivity contribution < 1.29 is 14.3 Å². The Morgan fingerprint density at radius 1 is 1.17 bits per heavy atom. The Labute approximate surface area is 168 Å². The highest BCUT2D eigenvalue weighted by atomic mass is 16.5. The standard InChI is InChI=1S/C22H22N4O3/c1-15-11-16(25-24-15)12-21(27)23-17-13-22(28)26(14-17)18-7-9-20(10-8-18)29-19-5-3-2-4-6-19/h2-11,17H,12-14H2,1H3,(H,23,27)(H,24,25)/t17-/m0/s1. The summed E-state index contributed by atoms with van der Waals surface area (Å²) in [4.78, 5) is 26.4. The molecule has 1 aliphatic heterocycles. The number of aromatic amines is 1. The summed E-state index contributed by atoms with van der Waals surface area (Å²) < 4.78 is 5.79. The zero-order chi connectivity index (χ0) is 20.2. The van der Waals surface area contributed by atoms with Crippen LogP contribution in [0.3, 0.4) is 0 Å². The number of carbonyl (C=O) groups is 2. The Morgan fingerprint density at radius 2 is 1.90 bits per heavy atom. The number of nitrogens with zero attached hydrogens (tertiary/aromatic N) is 2. The number of amides is 2. The summed E-state index contributed by atoms with van der Waals surface area (Å²) in [5, 5.41) is 9.82. The Balaban J connectivity index is 1.34. The number of aryl methyl sites for hydroxylation is 1. The first-order valence-electron chi connectivity index (χ1n) is 9.50. The number of hydrogen-bond donors (Lipinski definition) is 2. The maximum atomic E-state index is 12.4. The van der Waals surface area contributed by atoms with Gasteiger partial charge in [-0.25, -0.2) is 0 Å². The molecular formula is C22H22N4O3. The lowest BCUT2D eigenvalue weighted by atomic mass is 10.2. The molecule has 4 rings (SSSR count). The summed E-state index contributed by atoms with van der Waals surface area (Å²) >= 11 is 0. The second-order valence-electron chi connectivity index (χ2n) is 7.10. The van der Waals surface area contributed by atoms with Crippen molar-refractivity contribution in [2.75, 3.05) is 11.4 Å². The topological polar surface area (TPSA) is 87.3 Å². The van der Waals surface area contributed by atoms with Crippen LogP contribution in [0.25, 0.3) is 0 Å². The average Bonchev–Trinajstić information content (AvgIpc) is 3.28. The van der Waals surface area contributed by atoms with Crippen LogP contribution in [-0.2, 0) is 16.0 Å². The molecule has 7 nitrogen and oxygen atoms in total. The summed E-state index contributed by atoms with van der Waals surface area (Å²) in [6, 6.07) is 18.5. The quantitative estimate of drug-likeness (QED) is 0.677. The number of para-hydroxylation sites is 1. The van der Waals surface area contributed by atoms with Gasteiger partial charge in [0.25, 0.3) is 0 Å². The lowest BCUT2D eigenvalue weighted by Gasteiger charge is -2.17. The van der Waals surface area contributed by atoms with Crippen LogP contribution in [0.4, 0.5) is 5.69 Å². The summed E-state index contributed by atoms with van der Waals surface area (Å²) in [5.74, 6) is 1.31. The van der Waals surface area contributed by atoms with Crippen LogP contribution in [0.5, 0.6) is 11.5 Å². The zero-order valence-electron chi connectivity index (χ0n) is 16.1. The molecule has 29 heavy (non-hydrogen) atoms. The van der Waals surface area contributed by atoms with Crippen LogP contribution in [0.1, 0.15) is 17.8 Å². The van der Waals surface area contributed by atoms with Crippen molar-refractivity contribution in [1.82, 2.24) is 15.5 Å². The van der Waals surface area contributed by atoms with Crippen LogP contribution in [-0.4, -0.2) is 34.6 Å². The van der Waals surface area contributed by atoms with E-state index in [-0.39, 0.29) is 30.7 Å². The van der Waals surface area contributed by atoms with Crippen LogP contribution >= 0.6 is 0 Å². The van der Waals surface area contributed by atoms with Crippen molar-refractivity contribution in [2.24, 2.45) is 0 Å². The van der Waals surface area contributed by atoms with Gasteiger partial charge in [-0.2, -0.15) is 5.10 Å². The van der Waals surface area contributed by atoms with E-state index in [9.17, 15) is 9.59 Å². The number of benzene rings is 2. The van der Waals surface area contributed by atoms with E-state index in [2.05, 4.69) is 15.5 Å². The lowest BCUT2D eigenvalue weighted by Crippen LogP contribution is -2.38. The summed E-state index contributed by atoms with van der Waals surface area (Å²) in [6.45, 7) is 2.33. The van der Waals surface area contributed by atoms with Gasteiger partial charge in [-0.3, -0.25) is 14.7 Å². The Kier molecular flexibility index (Phi) is 5.29. The molecule has 148 valence electrons. The molecule has 3 aromatic rings. The molecule has 1 atom stereocenters. The van der Waals surface area contributed by atoms with Crippen LogP contribution in [0, 0.1) is 6.92 Å². The molecule has 0 aliphatic carbocycles. The zero-order valence-corrected chi connectivity index (χ0v) is 16.1. The van der Waals surface area contributed by atoms with Gasteiger partial charge >= 0.3 is 0 Å². The van der Waals surface area contributed by atoms with E-state index < -0.39 is 0 Å². The van der Waals surface area contributed by atoms with Gasteiger partial charge in [0.2, 0.25) is 11.8 Å². The molecule has 0 bridgehead atoms. The maximum absolute atomic E-state index is 12.4. The van der Waals surface area contributed by atoms with E-state index in [1.807, 2.05) is 67.6 Å². The minimum Gasteiger partial charge on any atom is -0.457 e. The second kappa shape index (κ2) is 8.18. The molecule has 0 radical (unpaired) electrons. The minimum atomic E-state index is -0.213. The van der Waals surface area contributed by atoms with Gasteiger partial charge in [0.05, 0.1) is 18.2 Å². The highest BCUT2D eigenvalue weighted by Crippen LogP contribution is 2.27. The molecule has 2 heterocycles. The molecule has 0 spiro atoms. The highest BCUT2D eigenvalue weighted by molar-refractivity contribution is 5.97. The van der Waals surface area contributed by atoms with Crippen molar-refractivity contribution in [3.05, 3.63) is 72.1 Å².